The molecule has 10 heteroatoms. The van der Waals surface area contributed by atoms with Gasteiger partial charge < -0.3 is 24.8 Å². The van der Waals surface area contributed by atoms with E-state index >= 15 is 0 Å². The molecule has 2 aromatic rings. The van der Waals surface area contributed by atoms with Gasteiger partial charge in [-0.3, -0.25) is 14.4 Å². The lowest BCUT2D eigenvalue weighted by molar-refractivity contribution is -0.128. The van der Waals surface area contributed by atoms with E-state index in [1.54, 1.807) is 37.3 Å². The summed E-state index contributed by atoms with van der Waals surface area (Å²) in [6, 6.07) is 14.0. The van der Waals surface area contributed by atoms with E-state index in [-0.39, 0.29) is 63.5 Å². The van der Waals surface area contributed by atoms with Crippen molar-refractivity contribution in [2.24, 2.45) is 39.7 Å². The lowest BCUT2D eigenvalue weighted by atomic mass is 9.46. The Labute approximate surface area is 313 Å². The monoisotopic (exact) mass is 730 g/mol. The van der Waals surface area contributed by atoms with Crippen molar-refractivity contribution < 1.29 is 33.9 Å². The molecule has 0 radical (unpaired) electrons. The second kappa shape index (κ2) is 13.6. The number of fused-ring (bicyclic) bond motifs is 7. The Balaban J connectivity index is 0.976. The standard InChI is InChI=1S/C44H46N2O8/c1-24(47)34-13-14-35-30-10-8-25-20-26(16-18-43(25,2)36(30)17-19-44(34,35)3)46-53-23-39(50)45-22-33-37(49)15-12-32-40(28-6-4-5-7-29(28)42(51)52)31-11-9-27(48)21-38(31)54-41(32)33/h4-7,9,11-12,15,20-21,30,34-36,49H,8,10,13-14,16-19,22-23H2,1-3H3,(H,45,50)(H,51,52)/b46-26+. The number of carboxylic acid groups (broad SMARTS) is 1. The third kappa shape index (κ3) is 5.90. The van der Waals surface area contributed by atoms with Crippen LogP contribution >= 0.6 is 0 Å². The summed E-state index contributed by atoms with van der Waals surface area (Å²) in [5.41, 5.74) is 4.24. The van der Waals surface area contributed by atoms with E-state index < -0.39 is 11.9 Å². The first-order valence-corrected chi connectivity index (χ1v) is 19.1. The molecule has 280 valence electrons. The largest absolute Gasteiger partial charge is 0.507 e. The summed E-state index contributed by atoms with van der Waals surface area (Å²) >= 11 is 0. The molecule has 6 aliphatic rings. The first-order valence-electron chi connectivity index (χ1n) is 19.1. The van der Waals surface area contributed by atoms with E-state index in [9.17, 15) is 29.4 Å². The summed E-state index contributed by atoms with van der Waals surface area (Å²) in [6.45, 7) is 6.14. The number of hydrogen-bond acceptors (Lipinski definition) is 8. The number of carbonyl (C=O) groups excluding carboxylic acids is 2. The van der Waals surface area contributed by atoms with Crippen LogP contribution < -0.4 is 10.7 Å². The van der Waals surface area contributed by atoms with Crippen molar-refractivity contribution >= 4 is 34.3 Å². The molecule has 8 rings (SSSR count). The number of aromatic carboxylic acids is 1. The molecule has 6 atom stereocenters. The Kier molecular flexibility index (Phi) is 8.98. The molecule has 3 saturated carbocycles. The van der Waals surface area contributed by atoms with Crippen LogP contribution in [0.5, 0.6) is 5.75 Å². The van der Waals surface area contributed by atoms with Gasteiger partial charge in [-0.15, -0.1) is 0 Å². The highest BCUT2D eigenvalue weighted by Gasteiger charge is 2.59. The number of oxime groups is 1. The topological polar surface area (TPSA) is 156 Å². The van der Waals surface area contributed by atoms with Crippen LogP contribution in [0.4, 0.5) is 0 Å². The molecule has 0 spiro atoms. The van der Waals surface area contributed by atoms with Gasteiger partial charge in [0.05, 0.1) is 23.4 Å². The molecule has 2 aromatic carbocycles. The Morgan fingerprint density at radius 2 is 1.78 bits per heavy atom. The number of phenols is 1. The molecular formula is C44H46N2O8. The van der Waals surface area contributed by atoms with Crippen molar-refractivity contribution in [3.8, 4) is 28.2 Å². The molecule has 0 bridgehead atoms. The van der Waals surface area contributed by atoms with Gasteiger partial charge in [0.25, 0.3) is 5.91 Å². The van der Waals surface area contributed by atoms with E-state index in [4.69, 9.17) is 9.25 Å². The van der Waals surface area contributed by atoms with Crippen LogP contribution in [0, 0.1) is 34.5 Å². The highest BCUT2D eigenvalue weighted by Crippen LogP contribution is 2.66. The van der Waals surface area contributed by atoms with Crippen LogP contribution in [0.15, 0.2) is 80.6 Å². The smallest absolute Gasteiger partial charge is 0.336 e. The fourth-order valence-electron chi connectivity index (χ4n) is 11.1. The zero-order chi connectivity index (χ0) is 37.9. The number of nitrogens with one attached hydrogen (secondary N) is 1. The summed E-state index contributed by atoms with van der Waals surface area (Å²) < 4.78 is 6.19. The number of aromatic hydroxyl groups is 1. The second-order valence-corrected chi connectivity index (χ2v) is 16.3. The third-order valence-electron chi connectivity index (χ3n) is 13.7. The number of carboxylic acids is 1. The molecule has 1 heterocycles. The number of Topliss-reactive ketones (excluding diaryl/α,β-unsaturated/α-hetero) is 1. The zero-order valence-electron chi connectivity index (χ0n) is 30.9. The molecule has 0 aromatic heterocycles. The van der Waals surface area contributed by atoms with E-state index in [1.165, 1.54) is 29.8 Å². The minimum absolute atomic E-state index is 0.0690. The van der Waals surface area contributed by atoms with Crippen LogP contribution in [0.1, 0.15) is 88.1 Å². The maximum atomic E-state index is 13.0. The second-order valence-electron chi connectivity index (χ2n) is 16.3. The van der Waals surface area contributed by atoms with E-state index in [2.05, 4.69) is 30.4 Å². The molecule has 54 heavy (non-hydrogen) atoms. The summed E-state index contributed by atoms with van der Waals surface area (Å²) in [5.74, 6) is 0.959. The number of nitrogens with zero attached hydrogens (tertiary/aromatic N) is 1. The Hall–Kier alpha value is -5.25. The number of phenolic OH excluding ortho intramolecular Hbond substituents is 1. The van der Waals surface area contributed by atoms with E-state index in [0.717, 1.165) is 57.1 Å². The maximum absolute atomic E-state index is 13.0. The van der Waals surface area contributed by atoms with Gasteiger partial charge in [-0.25, -0.2) is 4.79 Å². The Bertz CT molecular complexity index is 2290. The van der Waals surface area contributed by atoms with Gasteiger partial charge in [-0.2, -0.15) is 0 Å². The van der Waals surface area contributed by atoms with Crippen molar-refractivity contribution in [3.05, 3.63) is 87.6 Å². The average Bonchev–Trinajstić information content (AvgIpc) is 3.51. The molecule has 10 nitrogen and oxygen atoms in total. The highest BCUT2D eigenvalue weighted by molar-refractivity contribution is 6.08. The quantitative estimate of drug-likeness (QED) is 0.121. The fraction of sp³-hybridized carbons (Fsp3) is 0.432. The van der Waals surface area contributed by atoms with Gasteiger partial charge in [0.15, 0.2) is 12.0 Å². The number of ketones is 1. The molecular weight excluding hydrogens is 684 g/mol. The van der Waals surface area contributed by atoms with Crippen LogP contribution in [0.25, 0.3) is 33.4 Å². The summed E-state index contributed by atoms with van der Waals surface area (Å²) in [6.07, 6.45) is 10.6. The number of allylic oxidation sites excluding steroid dienone is 2. The predicted octanol–water partition coefficient (Wildman–Crippen LogP) is 8.13. The first kappa shape index (κ1) is 35.8. The predicted molar refractivity (Wildman–Crippen MR) is 204 cm³/mol. The van der Waals surface area contributed by atoms with Crippen LogP contribution in [0.2, 0.25) is 0 Å². The van der Waals surface area contributed by atoms with E-state index in [1.807, 2.05) is 0 Å². The highest BCUT2D eigenvalue weighted by atomic mass is 16.6. The summed E-state index contributed by atoms with van der Waals surface area (Å²) in [5, 5.41) is 28.6. The van der Waals surface area contributed by atoms with E-state index in [0.29, 0.717) is 45.6 Å². The van der Waals surface area contributed by atoms with Crippen LogP contribution in [-0.2, 0) is 21.0 Å². The van der Waals surface area contributed by atoms with Gasteiger partial charge >= 0.3 is 5.97 Å². The van der Waals surface area contributed by atoms with Crippen molar-refractivity contribution in [2.45, 2.75) is 78.7 Å². The number of rotatable bonds is 8. The zero-order valence-corrected chi connectivity index (χ0v) is 30.9. The van der Waals surface area contributed by atoms with Gasteiger partial charge in [0.1, 0.15) is 22.9 Å². The SMILES string of the molecule is CC(=O)C1CCC2C3CCC4=C/C(=N/OCC(=O)NCc5c(O)ccc6c(-c7ccccc7C(=O)O)c7ccc(=O)cc-7oc56)CCC4(C)C3CCC12C. The van der Waals surface area contributed by atoms with Gasteiger partial charge in [0.2, 0.25) is 0 Å². The molecule has 6 unspecified atom stereocenters. The number of benzene rings is 3. The Morgan fingerprint density at radius 1 is 0.963 bits per heavy atom. The summed E-state index contributed by atoms with van der Waals surface area (Å²) in [4.78, 5) is 55.7. The van der Waals surface area contributed by atoms with Crippen LogP contribution in [0.3, 0.4) is 0 Å². The summed E-state index contributed by atoms with van der Waals surface area (Å²) in [7, 11) is 0. The minimum Gasteiger partial charge on any atom is -0.507 e. The molecule has 3 N–H and O–H groups in total. The number of hydrogen-bond donors (Lipinski definition) is 3. The van der Waals surface area contributed by atoms with Crippen LogP contribution in [-0.4, -0.2) is 40.2 Å². The molecule has 5 aliphatic carbocycles. The molecule has 1 aliphatic heterocycles. The van der Waals surface area contributed by atoms with Crippen molar-refractivity contribution in [3.63, 3.8) is 0 Å². The van der Waals surface area contributed by atoms with Crippen molar-refractivity contribution in [2.75, 3.05) is 6.61 Å². The lowest BCUT2D eigenvalue weighted by Crippen LogP contribution is -2.51. The average molecular weight is 731 g/mol. The van der Waals surface area contributed by atoms with Crippen molar-refractivity contribution in [1.29, 1.82) is 0 Å². The molecule has 3 fully saturated rings. The van der Waals surface area contributed by atoms with Gasteiger partial charge in [0, 0.05) is 28.5 Å². The van der Waals surface area contributed by atoms with Gasteiger partial charge in [-0.05, 0) is 129 Å². The normalized spacial score (nSPS) is 28.2. The maximum Gasteiger partial charge on any atom is 0.336 e. The van der Waals surface area contributed by atoms with Crippen molar-refractivity contribution in [1.82, 2.24) is 5.32 Å². The number of carbonyl (C=O) groups is 3. The Morgan fingerprint density at radius 3 is 2.57 bits per heavy atom. The first-order chi connectivity index (χ1) is 25.9. The lowest BCUT2D eigenvalue weighted by Gasteiger charge is -2.58. The molecule has 1 amide bonds. The fourth-order valence-corrected chi connectivity index (χ4v) is 11.1. The third-order valence-corrected chi connectivity index (χ3v) is 13.7. The van der Waals surface area contributed by atoms with Gasteiger partial charge in [-0.1, -0.05) is 42.8 Å². The molecule has 0 saturated heterocycles. The number of amides is 1. The minimum atomic E-state index is -1.11.